The lowest BCUT2D eigenvalue weighted by Gasteiger charge is -1.97. The third-order valence-corrected chi connectivity index (χ3v) is 4.28. The average Bonchev–Trinajstić information content (AvgIpc) is 3.03. The number of rotatable bonds is 2. The Labute approximate surface area is 121 Å². The molecule has 1 aromatic carbocycles. The number of aromatic nitrogens is 2. The standard InChI is InChI=1S/C13H6BrN3OS/c14-10-4-8(6-15)5-11-12(10)16-13(19-11)17-3-1-2-9(17)7-18/h1-5,7H. The lowest BCUT2D eigenvalue weighted by molar-refractivity contribution is 0.111. The minimum absolute atomic E-state index is 0.552. The summed E-state index contributed by atoms with van der Waals surface area (Å²) >= 11 is 4.86. The Kier molecular flexibility index (Phi) is 2.93. The van der Waals surface area contributed by atoms with Crippen LogP contribution < -0.4 is 0 Å². The van der Waals surface area contributed by atoms with E-state index in [1.54, 1.807) is 35.0 Å². The average molecular weight is 332 g/mol. The summed E-state index contributed by atoms with van der Waals surface area (Å²) in [5.41, 5.74) is 1.93. The maximum Gasteiger partial charge on any atom is 0.195 e. The van der Waals surface area contributed by atoms with Crippen LogP contribution in [0.5, 0.6) is 0 Å². The molecule has 19 heavy (non-hydrogen) atoms. The zero-order valence-corrected chi connectivity index (χ0v) is 11.9. The number of fused-ring (bicyclic) bond motifs is 1. The molecule has 3 rings (SSSR count). The summed E-state index contributed by atoms with van der Waals surface area (Å²) in [5.74, 6) is 0. The van der Waals surface area contributed by atoms with Gasteiger partial charge in [0.05, 0.1) is 27.5 Å². The second kappa shape index (κ2) is 4.61. The number of nitrogens with zero attached hydrogens (tertiary/aromatic N) is 3. The fourth-order valence-corrected chi connectivity index (χ4v) is 3.53. The van der Waals surface area contributed by atoms with Gasteiger partial charge in [-0.3, -0.25) is 9.36 Å². The summed E-state index contributed by atoms with van der Waals surface area (Å²) in [6.07, 6.45) is 2.59. The maximum atomic E-state index is 10.9. The first-order chi connectivity index (χ1) is 9.22. The van der Waals surface area contributed by atoms with Crippen molar-refractivity contribution in [2.45, 2.75) is 0 Å². The van der Waals surface area contributed by atoms with Crippen LogP contribution in [-0.4, -0.2) is 15.8 Å². The first-order valence-corrected chi connectivity index (χ1v) is 6.97. The quantitative estimate of drug-likeness (QED) is 0.675. The zero-order valence-electron chi connectivity index (χ0n) is 9.50. The van der Waals surface area contributed by atoms with Crippen LogP contribution in [0.25, 0.3) is 15.3 Å². The Morgan fingerprint density at radius 1 is 1.47 bits per heavy atom. The number of hydrogen-bond acceptors (Lipinski definition) is 4. The highest BCUT2D eigenvalue weighted by atomic mass is 79.9. The molecule has 0 aliphatic carbocycles. The predicted molar refractivity (Wildman–Crippen MR) is 76.7 cm³/mol. The summed E-state index contributed by atoms with van der Waals surface area (Å²) in [6, 6.07) is 9.18. The molecular weight excluding hydrogens is 326 g/mol. The van der Waals surface area contributed by atoms with Gasteiger partial charge in [0.15, 0.2) is 11.4 Å². The summed E-state index contributed by atoms with van der Waals surface area (Å²) in [4.78, 5) is 15.5. The Morgan fingerprint density at radius 2 is 2.32 bits per heavy atom. The number of carbonyl (C=O) groups excluding carboxylic acids is 1. The van der Waals surface area contributed by atoms with Gasteiger partial charge >= 0.3 is 0 Å². The van der Waals surface area contributed by atoms with Gasteiger partial charge in [-0.2, -0.15) is 5.26 Å². The molecule has 4 nitrogen and oxygen atoms in total. The summed E-state index contributed by atoms with van der Waals surface area (Å²) < 4.78 is 3.42. The number of carbonyl (C=O) groups is 1. The Hall–Kier alpha value is -1.97. The molecule has 2 heterocycles. The highest BCUT2D eigenvalue weighted by molar-refractivity contribution is 9.10. The molecule has 0 radical (unpaired) electrons. The van der Waals surface area contributed by atoms with Crippen molar-refractivity contribution in [1.82, 2.24) is 9.55 Å². The Balaban J connectivity index is 2.25. The van der Waals surface area contributed by atoms with Gasteiger partial charge in [0.25, 0.3) is 0 Å². The third-order valence-electron chi connectivity index (χ3n) is 2.67. The van der Waals surface area contributed by atoms with Crippen molar-refractivity contribution in [1.29, 1.82) is 5.26 Å². The number of aldehydes is 1. The van der Waals surface area contributed by atoms with Crippen molar-refractivity contribution in [3.8, 4) is 11.2 Å². The van der Waals surface area contributed by atoms with E-state index in [2.05, 4.69) is 27.0 Å². The van der Waals surface area contributed by atoms with Crippen LogP contribution in [0.2, 0.25) is 0 Å². The molecule has 6 heteroatoms. The van der Waals surface area contributed by atoms with Gasteiger partial charge in [-0.1, -0.05) is 11.3 Å². The van der Waals surface area contributed by atoms with E-state index in [1.807, 2.05) is 0 Å². The predicted octanol–water partition coefficient (Wildman–Crippen LogP) is 3.53. The highest BCUT2D eigenvalue weighted by Gasteiger charge is 2.11. The molecule has 0 aliphatic heterocycles. The molecule has 0 unspecified atom stereocenters. The van der Waals surface area contributed by atoms with Crippen molar-refractivity contribution in [2.24, 2.45) is 0 Å². The Bertz CT molecular complexity index is 828. The lowest BCUT2D eigenvalue weighted by Crippen LogP contribution is -1.95. The SMILES string of the molecule is N#Cc1cc(Br)c2nc(-n3cccc3C=O)sc2c1. The molecule has 2 aromatic heterocycles. The molecule has 0 atom stereocenters. The molecule has 0 bridgehead atoms. The second-order valence-corrected chi connectivity index (χ2v) is 5.70. The van der Waals surface area contributed by atoms with Crippen LogP contribution in [0.1, 0.15) is 16.1 Å². The largest absolute Gasteiger partial charge is 0.296 e. The fraction of sp³-hybridized carbons (Fsp3) is 0. The van der Waals surface area contributed by atoms with Gasteiger partial charge in [0, 0.05) is 10.7 Å². The van der Waals surface area contributed by atoms with E-state index in [-0.39, 0.29) is 0 Å². The first kappa shape index (κ1) is 12.1. The molecule has 0 N–H and O–H groups in total. The van der Waals surface area contributed by atoms with Crippen molar-refractivity contribution in [2.75, 3.05) is 0 Å². The number of hydrogen-bond donors (Lipinski definition) is 0. The highest BCUT2D eigenvalue weighted by Crippen LogP contribution is 2.32. The number of halogens is 1. The van der Waals surface area contributed by atoms with Gasteiger partial charge in [0.2, 0.25) is 0 Å². The zero-order chi connectivity index (χ0) is 13.4. The van der Waals surface area contributed by atoms with Crippen LogP contribution in [0.15, 0.2) is 34.9 Å². The molecule has 0 saturated heterocycles. The van der Waals surface area contributed by atoms with Gasteiger partial charge in [-0.25, -0.2) is 4.98 Å². The van der Waals surface area contributed by atoms with Crippen molar-refractivity contribution in [3.05, 3.63) is 46.2 Å². The van der Waals surface area contributed by atoms with E-state index in [0.29, 0.717) is 16.4 Å². The maximum absolute atomic E-state index is 10.9. The molecule has 0 aliphatic rings. The molecule has 3 aromatic rings. The third kappa shape index (κ3) is 1.97. The van der Waals surface area contributed by atoms with E-state index < -0.39 is 0 Å². The van der Waals surface area contributed by atoms with Gasteiger partial charge < -0.3 is 0 Å². The van der Waals surface area contributed by atoms with Gasteiger partial charge in [-0.15, -0.1) is 0 Å². The number of nitriles is 1. The smallest absolute Gasteiger partial charge is 0.195 e. The van der Waals surface area contributed by atoms with Crippen molar-refractivity contribution < 1.29 is 4.79 Å². The van der Waals surface area contributed by atoms with E-state index in [0.717, 1.165) is 21.0 Å². The van der Waals surface area contributed by atoms with Crippen LogP contribution in [0, 0.1) is 11.3 Å². The summed E-state index contributed by atoms with van der Waals surface area (Å²) in [5, 5.41) is 9.66. The van der Waals surface area contributed by atoms with Crippen LogP contribution >= 0.6 is 27.3 Å². The normalized spacial score (nSPS) is 10.5. The van der Waals surface area contributed by atoms with Crippen LogP contribution in [-0.2, 0) is 0 Å². The van der Waals surface area contributed by atoms with E-state index in [4.69, 9.17) is 5.26 Å². The van der Waals surface area contributed by atoms with E-state index >= 15 is 0 Å². The van der Waals surface area contributed by atoms with Crippen LogP contribution in [0.3, 0.4) is 0 Å². The molecule has 92 valence electrons. The van der Waals surface area contributed by atoms with Crippen molar-refractivity contribution >= 4 is 43.8 Å². The fourth-order valence-electron chi connectivity index (χ4n) is 1.81. The number of thiazole rings is 1. The van der Waals surface area contributed by atoms with Crippen LogP contribution in [0.4, 0.5) is 0 Å². The minimum atomic E-state index is 0.552. The minimum Gasteiger partial charge on any atom is -0.296 e. The second-order valence-electron chi connectivity index (χ2n) is 3.83. The molecule has 0 amide bonds. The topological polar surface area (TPSA) is 58.7 Å². The molecular formula is C13H6BrN3OS. The molecule has 0 fully saturated rings. The number of benzene rings is 1. The Morgan fingerprint density at radius 3 is 3.05 bits per heavy atom. The van der Waals surface area contributed by atoms with E-state index in [9.17, 15) is 4.79 Å². The summed E-state index contributed by atoms with van der Waals surface area (Å²) in [6.45, 7) is 0. The lowest BCUT2D eigenvalue weighted by atomic mass is 10.2. The molecule has 0 saturated carbocycles. The van der Waals surface area contributed by atoms with Crippen molar-refractivity contribution in [3.63, 3.8) is 0 Å². The first-order valence-electron chi connectivity index (χ1n) is 5.36. The summed E-state index contributed by atoms with van der Waals surface area (Å²) in [7, 11) is 0. The monoisotopic (exact) mass is 331 g/mol. The van der Waals surface area contributed by atoms with Gasteiger partial charge in [0.1, 0.15) is 0 Å². The van der Waals surface area contributed by atoms with E-state index in [1.165, 1.54) is 11.3 Å². The molecule has 0 spiro atoms. The van der Waals surface area contributed by atoms with Gasteiger partial charge in [-0.05, 0) is 40.2 Å².